The van der Waals surface area contributed by atoms with Crippen LogP contribution < -0.4 is 10.6 Å². The van der Waals surface area contributed by atoms with E-state index in [0.717, 1.165) is 5.56 Å². The third-order valence-corrected chi connectivity index (χ3v) is 5.00. The van der Waals surface area contributed by atoms with Gasteiger partial charge in [-0.05, 0) is 72.9 Å². The summed E-state index contributed by atoms with van der Waals surface area (Å²) >= 11 is 0. The van der Waals surface area contributed by atoms with Crippen LogP contribution >= 0.6 is 0 Å². The van der Waals surface area contributed by atoms with E-state index < -0.39 is 41.8 Å². The van der Waals surface area contributed by atoms with E-state index in [9.17, 15) is 19.5 Å². The van der Waals surface area contributed by atoms with Crippen molar-refractivity contribution in [1.82, 2.24) is 15.5 Å². The molecule has 3 atom stereocenters. The van der Waals surface area contributed by atoms with Crippen molar-refractivity contribution in [2.24, 2.45) is 0 Å². The number of nitrogens with one attached hydrogen (secondary N) is 2. The monoisotopic (exact) mass is 463 g/mol. The fraction of sp³-hybridized carbons (Fsp3) is 0.640. The predicted molar refractivity (Wildman–Crippen MR) is 129 cm³/mol. The lowest BCUT2D eigenvalue weighted by Gasteiger charge is -2.39. The van der Waals surface area contributed by atoms with E-state index in [1.54, 1.807) is 20.8 Å². The summed E-state index contributed by atoms with van der Waals surface area (Å²) in [4.78, 5) is 41.0. The summed E-state index contributed by atoms with van der Waals surface area (Å²) in [7, 11) is 0. The van der Waals surface area contributed by atoms with Gasteiger partial charge < -0.3 is 25.4 Å². The molecule has 0 saturated heterocycles. The molecule has 0 fully saturated rings. The van der Waals surface area contributed by atoms with Gasteiger partial charge in [-0.15, -0.1) is 0 Å². The molecule has 0 aromatic heterocycles. The number of ether oxygens (including phenoxy) is 1. The molecule has 1 aromatic rings. The molecule has 3 unspecified atom stereocenters. The molecule has 8 nitrogen and oxygen atoms in total. The van der Waals surface area contributed by atoms with Gasteiger partial charge in [0.2, 0.25) is 11.8 Å². The van der Waals surface area contributed by atoms with Crippen LogP contribution in [-0.4, -0.2) is 57.7 Å². The molecule has 0 saturated carbocycles. The second kappa shape index (κ2) is 11.5. The minimum absolute atomic E-state index is 0.334. The van der Waals surface area contributed by atoms with Crippen LogP contribution in [0.15, 0.2) is 24.3 Å². The predicted octanol–water partition coefficient (Wildman–Crippen LogP) is 3.46. The Morgan fingerprint density at radius 2 is 1.67 bits per heavy atom. The molecule has 1 aromatic carbocycles. The van der Waals surface area contributed by atoms with Crippen LogP contribution in [0.1, 0.15) is 79.0 Å². The van der Waals surface area contributed by atoms with E-state index in [0.29, 0.717) is 12.0 Å². The van der Waals surface area contributed by atoms with Crippen molar-refractivity contribution in [3.05, 3.63) is 35.4 Å². The largest absolute Gasteiger partial charge is 0.444 e. The van der Waals surface area contributed by atoms with Crippen molar-refractivity contribution in [1.29, 1.82) is 0 Å². The first-order chi connectivity index (χ1) is 15.1. The van der Waals surface area contributed by atoms with E-state index in [4.69, 9.17) is 4.74 Å². The molecule has 1 rings (SSSR count). The lowest BCUT2D eigenvalue weighted by atomic mass is 9.95. The molecule has 0 heterocycles. The first kappa shape index (κ1) is 28.4. The number of hydrogen-bond donors (Lipinski definition) is 3. The zero-order chi connectivity index (χ0) is 25.6. The maximum atomic E-state index is 13.7. The Labute approximate surface area is 198 Å². The molecule has 0 radical (unpaired) electrons. The van der Waals surface area contributed by atoms with Crippen molar-refractivity contribution in [2.45, 2.75) is 98.0 Å². The molecule has 0 aliphatic heterocycles. The zero-order valence-corrected chi connectivity index (χ0v) is 21.5. The van der Waals surface area contributed by atoms with Gasteiger partial charge >= 0.3 is 6.09 Å². The average molecular weight is 464 g/mol. The number of amides is 3. The molecule has 0 aliphatic carbocycles. The lowest BCUT2D eigenvalue weighted by molar-refractivity contribution is -0.146. The van der Waals surface area contributed by atoms with Gasteiger partial charge in [0.05, 0.1) is 6.61 Å². The highest BCUT2D eigenvalue weighted by Gasteiger charge is 2.39. The van der Waals surface area contributed by atoms with Gasteiger partial charge in [-0.25, -0.2) is 4.79 Å². The van der Waals surface area contributed by atoms with E-state index in [2.05, 4.69) is 10.6 Å². The summed E-state index contributed by atoms with van der Waals surface area (Å²) in [6.07, 6.45) is -0.243. The summed E-state index contributed by atoms with van der Waals surface area (Å²) in [6.45, 7) is 15.7. The lowest BCUT2D eigenvalue weighted by Crippen LogP contribution is -2.57. The number of aliphatic hydroxyl groups is 1. The Morgan fingerprint density at radius 1 is 1.09 bits per heavy atom. The van der Waals surface area contributed by atoms with E-state index in [1.807, 2.05) is 65.8 Å². The number of carbonyl (C=O) groups is 3. The van der Waals surface area contributed by atoms with Crippen molar-refractivity contribution < 1.29 is 24.2 Å². The number of alkyl carbamates (subject to hydrolysis) is 1. The number of aliphatic hydroxyl groups excluding tert-OH is 1. The third-order valence-electron chi connectivity index (χ3n) is 5.00. The quantitative estimate of drug-likeness (QED) is 0.547. The van der Waals surface area contributed by atoms with Gasteiger partial charge in [0.1, 0.15) is 17.7 Å². The second-order valence-corrected chi connectivity index (χ2v) is 10.4. The smallest absolute Gasteiger partial charge is 0.408 e. The van der Waals surface area contributed by atoms with Crippen molar-refractivity contribution in [2.75, 3.05) is 6.61 Å². The van der Waals surface area contributed by atoms with Crippen LogP contribution in [-0.2, 0) is 14.3 Å². The topological polar surface area (TPSA) is 108 Å². The molecular formula is C25H41N3O5. The SMILES string of the molecule is CCC(C)N(C(=O)C(CO)NC(=O)OC(C)(C)C)C(C(=O)NC(C)(C)C)c1ccccc1C. The van der Waals surface area contributed by atoms with E-state index in [1.165, 1.54) is 4.90 Å². The standard InChI is InChI=1S/C25H41N3O5/c1-10-17(3)28(22(31)19(15-29)26-23(32)33-25(7,8)9)20(21(30)27-24(4,5)6)18-14-12-11-13-16(18)2/h11-14,17,19-20,29H,10,15H2,1-9H3,(H,26,32)(H,27,30). The van der Waals surface area contributed by atoms with Crippen molar-refractivity contribution in [3.63, 3.8) is 0 Å². The van der Waals surface area contributed by atoms with Crippen LogP contribution in [0.25, 0.3) is 0 Å². The highest BCUT2D eigenvalue weighted by molar-refractivity contribution is 5.92. The number of aryl methyl sites for hydroxylation is 1. The van der Waals surface area contributed by atoms with E-state index >= 15 is 0 Å². The summed E-state index contributed by atoms with van der Waals surface area (Å²) in [5, 5.41) is 15.4. The second-order valence-electron chi connectivity index (χ2n) is 10.4. The van der Waals surface area contributed by atoms with Crippen LogP contribution in [0.3, 0.4) is 0 Å². The fourth-order valence-corrected chi connectivity index (χ4v) is 3.36. The van der Waals surface area contributed by atoms with Crippen molar-refractivity contribution in [3.8, 4) is 0 Å². The highest BCUT2D eigenvalue weighted by atomic mass is 16.6. The van der Waals surface area contributed by atoms with Crippen molar-refractivity contribution >= 4 is 17.9 Å². The molecule has 0 spiro atoms. The molecule has 3 N–H and O–H groups in total. The maximum absolute atomic E-state index is 13.7. The Balaban J connectivity index is 3.48. The fourth-order valence-electron chi connectivity index (χ4n) is 3.36. The van der Waals surface area contributed by atoms with Crippen LogP contribution in [0.5, 0.6) is 0 Å². The Kier molecular flexibility index (Phi) is 9.90. The van der Waals surface area contributed by atoms with Gasteiger partial charge in [0, 0.05) is 11.6 Å². The zero-order valence-electron chi connectivity index (χ0n) is 21.5. The molecule has 186 valence electrons. The summed E-state index contributed by atoms with van der Waals surface area (Å²) in [5.41, 5.74) is 0.253. The Hall–Kier alpha value is -2.61. The van der Waals surface area contributed by atoms with Crippen LogP contribution in [0.4, 0.5) is 4.79 Å². The minimum Gasteiger partial charge on any atom is -0.444 e. The average Bonchev–Trinajstić information content (AvgIpc) is 2.67. The number of rotatable bonds is 8. The molecular weight excluding hydrogens is 422 g/mol. The van der Waals surface area contributed by atoms with Gasteiger partial charge in [0.25, 0.3) is 0 Å². The van der Waals surface area contributed by atoms with Crippen LogP contribution in [0, 0.1) is 6.92 Å². The number of benzene rings is 1. The first-order valence-electron chi connectivity index (χ1n) is 11.4. The summed E-state index contributed by atoms with van der Waals surface area (Å²) in [5.74, 6) is -0.894. The third kappa shape index (κ3) is 8.68. The molecule has 33 heavy (non-hydrogen) atoms. The van der Waals surface area contributed by atoms with Gasteiger partial charge in [0.15, 0.2) is 0 Å². The highest BCUT2D eigenvalue weighted by Crippen LogP contribution is 2.29. The summed E-state index contributed by atoms with van der Waals surface area (Å²) in [6, 6.07) is 4.84. The molecule has 8 heteroatoms. The molecule has 3 amide bonds. The number of nitrogens with zero attached hydrogens (tertiary/aromatic N) is 1. The molecule has 0 aliphatic rings. The molecule has 0 bridgehead atoms. The van der Waals surface area contributed by atoms with Crippen LogP contribution in [0.2, 0.25) is 0 Å². The Morgan fingerprint density at radius 3 is 2.12 bits per heavy atom. The van der Waals surface area contributed by atoms with Gasteiger partial charge in [-0.1, -0.05) is 31.2 Å². The number of hydrogen-bond acceptors (Lipinski definition) is 5. The minimum atomic E-state index is -1.26. The first-order valence-corrected chi connectivity index (χ1v) is 11.4. The normalized spacial score (nSPS) is 14.6. The summed E-state index contributed by atoms with van der Waals surface area (Å²) < 4.78 is 5.25. The van der Waals surface area contributed by atoms with Gasteiger partial charge in [-0.2, -0.15) is 0 Å². The Bertz CT molecular complexity index is 826. The maximum Gasteiger partial charge on any atom is 0.408 e. The number of carbonyl (C=O) groups excluding carboxylic acids is 3. The van der Waals surface area contributed by atoms with Gasteiger partial charge in [-0.3, -0.25) is 9.59 Å². The van der Waals surface area contributed by atoms with E-state index in [-0.39, 0.29) is 11.9 Å².